The lowest BCUT2D eigenvalue weighted by molar-refractivity contribution is -0.197. The van der Waals surface area contributed by atoms with Crippen LogP contribution < -0.4 is 0 Å². The standard InChI is InChI=1S/C12H12N2O8S/c15-8-3-4-9(16)13(8)5-1-2-11(18)22-14-10(17)6-7(12(14)19)23(20)21/h3-4,7,23H,1-2,5-6H2. The van der Waals surface area contributed by atoms with Gasteiger partial charge in [-0.15, -0.1) is 5.06 Å². The zero-order chi connectivity index (χ0) is 17.1. The summed E-state index contributed by atoms with van der Waals surface area (Å²) in [6.45, 7) is -0.0172. The highest BCUT2D eigenvalue weighted by Gasteiger charge is 2.43. The fourth-order valence-corrected chi connectivity index (χ4v) is 2.63. The topological polar surface area (TPSA) is 135 Å². The van der Waals surface area contributed by atoms with Crippen molar-refractivity contribution in [3.63, 3.8) is 0 Å². The van der Waals surface area contributed by atoms with Gasteiger partial charge in [-0.1, -0.05) is 0 Å². The lowest BCUT2D eigenvalue weighted by Gasteiger charge is -2.15. The molecule has 0 bridgehead atoms. The molecule has 0 spiro atoms. The molecule has 0 radical (unpaired) electrons. The van der Waals surface area contributed by atoms with Gasteiger partial charge >= 0.3 is 5.97 Å². The third-order valence-electron chi connectivity index (χ3n) is 3.19. The molecule has 10 nitrogen and oxygen atoms in total. The Morgan fingerprint density at radius 1 is 1.17 bits per heavy atom. The Morgan fingerprint density at radius 2 is 1.78 bits per heavy atom. The molecule has 0 aromatic carbocycles. The van der Waals surface area contributed by atoms with E-state index in [1.807, 2.05) is 0 Å². The molecular formula is C12H12N2O8S. The van der Waals surface area contributed by atoms with E-state index in [-0.39, 0.29) is 24.4 Å². The summed E-state index contributed by atoms with van der Waals surface area (Å²) in [6, 6.07) is 0. The molecule has 1 atom stereocenters. The van der Waals surface area contributed by atoms with Crippen molar-refractivity contribution >= 4 is 40.3 Å². The fraction of sp³-hybridized carbons (Fsp3) is 0.417. The highest BCUT2D eigenvalue weighted by Crippen LogP contribution is 2.17. The SMILES string of the molecule is O=C(CCCN1C(=O)C=CC1=O)ON1C(=O)CC([SH](=O)=O)C1=O. The monoisotopic (exact) mass is 344 g/mol. The third-order valence-corrected chi connectivity index (χ3v) is 4.10. The smallest absolute Gasteiger partial charge is 0.330 e. The molecule has 11 heteroatoms. The van der Waals surface area contributed by atoms with Crippen molar-refractivity contribution in [2.45, 2.75) is 24.5 Å². The first-order valence-electron chi connectivity index (χ1n) is 6.56. The lowest BCUT2D eigenvalue weighted by atomic mass is 10.3. The number of hydrogen-bond acceptors (Lipinski definition) is 8. The quantitative estimate of drug-likeness (QED) is 0.427. The second-order valence-corrected chi connectivity index (χ2v) is 5.95. The summed E-state index contributed by atoms with van der Waals surface area (Å²) >= 11 is 0. The Labute approximate surface area is 131 Å². The summed E-state index contributed by atoms with van der Waals surface area (Å²) in [5.41, 5.74) is 0. The average Bonchev–Trinajstić information content (AvgIpc) is 2.94. The molecule has 2 aliphatic heterocycles. The van der Waals surface area contributed by atoms with Crippen molar-refractivity contribution in [3.05, 3.63) is 12.2 Å². The van der Waals surface area contributed by atoms with Crippen LogP contribution in [0, 0.1) is 0 Å². The number of hydroxylamine groups is 2. The van der Waals surface area contributed by atoms with Gasteiger partial charge in [-0.25, -0.2) is 13.2 Å². The molecule has 2 aliphatic rings. The van der Waals surface area contributed by atoms with Gasteiger partial charge in [0.15, 0.2) is 10.7 Å². The van der Waals surface area contributed by atoms with E-state index in [0.29, 0.717) is 0 Å². The fourth-order valence-electron chi connectivity index (χ4n) is 2.03. The molecule has 0 aliphatic carbocycles. The maximum atomic E-state index is 11.6. The predicted molar refractivity (Wildman–Crippen MR) is 71.8 cm³/mol. The van der Waals surface area contributed by atoms with Crippen LogP contribution in [-0.4, -0.2) is 59.8 Å². The van der Waals surface area contributed by atoms with Crippen LogP contribution in [0.5, 0.6) is 0 Å². The van der Waals surface area contributed by atoms with Crippen molar-refractivity contribution in [1.29, 1.82) is 0 Å². The summed E-state index contributed by atoms with van der Waals surface area (Å²) < 4.78 is 21.6. The molecule has 1 saturated heterocycles. The van der Waals surface area contributed by atoms with E-state index < -0.39 is 52.0 Å². The Balaban J connectivity index is 1.81. The largest absolute Gasteiger partial charge is 0.333 e. The van der Waals surface area contributed by atoms with Crippen LogP contribution in [0.1, 0.15) is 19.3 Å². The van der Waals surface area contributed by atoms with Gasteiger partial charge in [-0.05, 0) is 6.42 Å². The highest BCUT2D eigenvalue weighted by molar-refractivity contribution is 7.74. The molecule has 1 unspecified atom stereocenters. The second kappa shape index (κ2) is 6.69. The van der Waals surface area contributed by atoms with Gasteiger partial charge in [-0.2, -0.15) is 0 Å². The van der Waals surface area contributed by atoms with Gasteiger partial charge in [0.25, 0.3) is 23.6 Å². The summed E-state index contributed by atoms with van der Waals surface area (Å²) in [6.07, 6.45) is 1.46. The van der Waals surface area contributed by atoms with Gasteiger partial charge in [0.05, 0.1) is 6.42 Å². The predicted octanol–water partition coefficient (Wildman–Crippen LogP) is -2.11. The normalized spacial score (nSPS) is 21.0. The summed E-state index contributed by atoms with van der Waals surface area (Å²) in [5, 5.41) is -1.37. The number of carbonyl (C=O) groups is 5. The molecule has 124 valence electrons. The van der Waals surface area contributed by atoms with E-state index >= 15 is 0 Å². The van der Waals surface area contributed by atoms with E-state index in [4.69, 9.17) is 0 Å². The lowest BCUT2D eigenvalue weighted by Crippen LogP contribution is -2.35. The molecule has 2 rings (SSSR count). The Kier molecular flexibility index (Phi) is 4.89. The van der Waals surface area contributed by atoms with E-state index in [9.17, 15) is 32.4 Å². The van der Waals surface area contributed by atoms with Gasteiger partial charge in [0, 0.05) is 25.1 Å². The molecule has 0 saturated carbocycles. The van der Waals surface area contributed by atoms with E-state index in [2.05, 4.69) is 4.84 Å². The second-order valence-electron chi connectivity index (χ2n) is 4.76. The van der Waals surface area contributed by atoms with Crippen molar-refractivity contribution in [3.8, 4) is 0 Å². The number of nitrogens with zero attached hydrogens (tertiary/aromatic N) is 2. The Hall–Kier alpha value is -2.56. The molecule has 4 amide bonds. The number of hydrogen-bond donors (Lipinski definition) is 1. The average molecular weight is 344 g/mol. The van der Waals surface area contributed by atoms with E-state index in [1.165, 1.54) is 0 Å². The zero-order valence-electron chi connectivity index (χ0n) is 11.7. The summed E-state index contributed by atoms with van der Waals surface area (Å²) in [5.74, 6) is -3.94. The van der Waals surface area contributed by atoms with Gasteiger partial charge in [0.2, 0.25) is 0 Å². The molecule has 0 aromatic rings. The van der Waals surface area contributed by atoms with Crippen LogP contribution in [-0.2, 0) is 39.5 Å². The molecule has 0 N–H and O–H groups in total. The molecule has 23 heavy (non-hydrogen) atoms. The van der Waals surface area contributed by atoms with Crippen molar-refractivity contribution in [2.75, 3.05) is 6.54 Å². The summed E-state index contributed by atoms with van der Waals surface area (Å²) in [4.78, 5) is 62.7. The first kappa shape index (κ1) is 16.8. The maximum Gasteiger partial charge on any atom is 0.333 e. The minimum absolute atomic E-state index is 0.0172. The van der Waals surface area contributed by atoms with Gasteiger partial charge in [-0.3, -0.25) is 24.1 Å². The number of thiol groups is 1. The molecule has 0 aromatic heterocycles. The first-order chi connectivity index (χ1) is 10.8. The molecule has 1 fully saturated rings. The van der Waals surface area contributed by atoms with E-state index in [0.717, 1.165) is 17.1 Å². The number of carbonyl (C=O) groups excluding carboxylic acids is 5. The highest BCUT2D eigenvalue weighted by atomic mass is 32.2. The minimum Gasteiger partial charge on any atom is -0.330 e. The van der Waals surface area contributed by atoms with Crippen LogP contribution in [0.15, 0.2) is 12.2 Å². The van der Waals surface area contributed by atoms with Crippen molar-refractivity contribution in [1.82, 2.24) is 9.96 Å². The van der Waals surface area contributed by atoms with Crippen LogP contribution in [0.4, 0.5) is 0 Å². The minimum atomic E-state index is -3.14. The third kappa shape index (κ3) is 3.62. The summed E-state index contributed by atoms with van der Waals surface area (Å²) in [7, 11) is -3.14. The van der Waals surface area contributed by atoms with Crippen LogP contribution in [0.2, 0.25) is 0 Å². The first-order valence-corrected chi connectivity index (χ1v) is 7.80. The molecule has 2 heterocycles. The zero-order valence-corrected chi connectivity index (χ0v) is 12.6. The maximum absolute atomic E-state index is 11.6. The van der Waals surface area contributed by atoms with Crippen LogP contribution >= 0.6 is 0 Å². The Morgan fingerprint density at radius 3 is 2.30 bits per heavy atom. The molecular weight excluding hydrogens is 332 g/mol. The Bertz CT molecular complexity index is 669. The van der Waals surface area contributed by atoms with Gasteiger partial charge in [0.1, 0.15) is 5.25 Å². The van der Waals surface area contributed by atoms with E-state index in [1.54, 1.807) is 0 Å². The van der Waals surface area contributed by atoms with Crippen molar-refractivity contribution < 1.29 is 37.2 Å². The number of rotatable bonds is 6. The number of imide groups is 2. The van der Waals surface area contributed by atoms with Crippen LogP contribution in [0.25, 0.3) is 0 Å². The van der Waals surface area contributed by atoms with Gasteiger partial charge < -0.3 is 4.84 Å². The number of amides is 4. The van der Waals surface area contributed by atoms with Crippen LogP contribution in [0.3, 0.4) is 0 Å². The van der Waals surface area contributed by atoms with Crippen molar-refractivity contribution in [2.24, 2.45) is 0 Å².